The number of anilines is 1. The molecule has 0 unspecified atom stereocenters. The molecule has 1 heterocycles. The quantitative estimate of drug-likeness (QED) is 0.552. The molecule has 0 atom stereocenters. The van der Waals surface area contributed by atoms with Gasteiger partial charge in [-0.3, -0.25) is 4.79 Å². The number of thioether (sulfide) groups is 1. The molecule has 32 heavy (non-hydrogen) atoms. The van der Waals surface area contributed by atoms with Gasteiger partial charge in [0.25, 0.3) is 0 Å². The summed E-state index contributed by atoms with van der Waals surface area (Å²) in [6.45, 7) is 4.59. The SMILES string of the molecule is CC(C)Oc1ccc(S(=O)(=O)N2CCCCC2)cc1NC(=O)CSc1ccc(F)c(F)c1. The van der Waals surface area contributed by atoms with Crippen LogP contribution in [-0.2, 0) is 14.8 Å². The highest BCUT2D eigenvalue weighted by atomic mass is 32.2. The van der Waals surface area contributed by atoms with E-state index in [4.69, 9.17) is 4.74 Å². The van der Waals surface area contributed by atoms with Crippen LogP contribution in [-0.4, -0.2) is 43.6 Å². The van der Waals surface area contributed by atoms with Crippen LogP contribution in [0, 0.1) is 11.6 Å². The molecule has 6 nitrogen and oxygen atoms in total. The van der Waals surface area contributed by atoms with E-state index in [1.165, 1.54) is 28.6 Å². The number of halogens is 2. The first kappa shape index (κ1) is 24.5. The number of ether oxygens (including phenoxy) is 1. The van der Waals surface area contributed by atoms with E-state index in [9.17, 15) is 22.0 Å². The zero-order chi connectivity index (χ0) is 23.3. The van der Waals surface area contributed by atoms with Crippen LogP contribution in [0.15, 0.2) is 46.2 Å². The molecule has 10 heteroatoms. The number of nitrogens with zero attached hydrogens (tertiary/aromatic N) is 1. The molecule has 1 amide bonds. The second kappa shape index (κ2) is 10.6. The highest BCUT2D eigenvalue weighted by Gasteiger charge is 2.27. The van der Waals surface area contributed by atoms with Crippen LogP contribution in [0.25, 0.3) is 0 Å². The van der Waals surface area contributed by atoms with Gasteiger partial charge in [-0.05, 0) is 63.1 Å². The molecule has 0 radical (unpaired) electrons. The lowest BCUT2D eigenvalue weighted by Crippen LogP contribution is -2.35. The Hall–Kier alpha value is -2.17. The Morgan fingerprint density at radius 3 is 2.47 bits per heavy atom. The number of carbonyl (C=O) groups excluding carboxylic acids is 1. The van der Waals surface area contributed by atoms with Crippen molar-refractivity contribution in [2.24, 2.45) is 0 Å². The first-order valence-corrected chi connectivity index (χ1v) is 12.8. The molecule has 0 spiro atoms. The summed E-state index contributed by atoms with van der Waals surface area (Å²) in [5.41, 5.74) is 0.243. The monoisotopic (exact) mass is 484 g/mol. The number of hydrogen-bond acceptors (Lipinski definition) is 5. The number of amides is 1. The summed E-state index contributed by atoms with van der Waals surface area (Å²) in [6, 6.07) is 7.82. The van der Waals surface area contributed by atoms with Crippen LogP contribution in [0.5, 0.6) is 5.75 Å². The van der Waals surface area contributed by atoms with Crippen molar-refractivity contribution in [1.29, 1.82) is 0 Å². The zero-order valence-corrected chi connectivity index (χ0v) is 19.6. The fraction of sp³-hybridized carbons (Fsp3) is 0.409. The van der Waals surface area contributed by atoms with Gasteiger partial charge >= 0.3 is 0 Å². The molecule has 2 aromatic rings. The number of rotatable bonds is 8. The molecule has 1 N–H and O–H groups in total. The van der Waals surface area contributed by atoms with E-state index in [1.807, 2.05) is 13.8 Å². The van der Waals surface area contributed by atoms with E-state index in [0.717, 1.165) is 43.2 Å². The summed E-state index contributed by atoms with van der Waals surface area (Å²) in [6.07, 6.45) is 2.45. The fourth-order valence-corrected chi connectivity index (χ4v) is 5.54. The largest absolute Gasteiger partial charge is 0.489 e. The topological polar surface area (TPSA) is 75.7 Å². The van der Waals surface area contributed by atoms with Crippen molar-refractivity contribution in [2.45, 2.75) is 49.0 Å². The van der Waals surface area contributed by atoms with Gasteiger partial charge in [0.2, 0.25) is 15.9 Å². The van der Waals surface area contributed by atoms with E-state index in [0.29, 0.717) is 23.7 Å². The van der Waals surface area contributed by atoms with Gasteiger partial charge in [-0.25, -0.2) is 17.2 Å². The molecule has 1 aliphatic rings. The van der Waals surface area contributed by atoms with Gasteiger partial charge in [0.05, 0.1) is 22.4 Å². The summed E-state index contributed by atoms with van der Waals surface area (Å²) >= 11 is 1.04. The summed E-state index contributed by atoms with van der Waals surface area (Å²) in [5, 5.41) is 2.69. The molecule has 1 saturated heterocycles. The van der Waals surface area contributed by atoms with Crippen LogP contribution in [0.2, 0.25) is 0 Å². The summed E-state index contributed by atoms with van der Waals surface area (Å²) in [7, 11) is -3.69. The third kappa shape index (κ3) is 6.20. The van der Waals surface area contributed by atoms with Gasteiger partial charge in [0, 0.05) is 18.0 Å². The first-order chi connectivity index (χ1) is 15.2. The van der Waals surface area contributed by atoms with Gasteiger partial charge in [-0.1, -0.05) is 6.42 Å². The van der Waals surface area contributed by atoms with Crippen molar-refractivity contribution >= 4 is 33.4 Å². The number of benzene rings is 2. The average molecular weight is 485 g/mol. The maximum absolute atomic E-state index is 13.4. The summed E-state index contributed by atoms with van der Waals surface area (Å²) < 4.78 is 59.7. The van der Waals surface area contributed by atoms with E-state index < -0.39 is 27.6 Å². The highest BCUT2D eigenvalue weighted by molar-refractivity contribution is 8.00. The van der Waals surface area contributed by atoms with E-state index in [-0.39, 0.29) is 22.4 Å². The Balaban J connectivity index is 1.78. The minimum Gasteiger partial charge on any atom is -0.489 e. The predicted molar refractivity (Wildman–Crippen MR) is 121 cm³/mol. The van der Waals surface area contributed by atoms with Gasteiger partial charge in [-0.15, -0.1) is 11.8 Å². The average Bonchev–Trinajstić information content (AvgIpc) is 2.76. The minimum absolute atomic E-state index is 0.0741. The van der Waals surface area contributed by atoms with Crippen molar-refractivity contribution in [1.82, 2.24) is 4.31 Å². The number of nitrogens with one attached hydrogen (secondary N) is 1. The van der Waals surface area contributed by atoms with Crippen LogP contribution >= 0.6 is 11.8 Å². The molecule has 0 aromatic heterocycles. The third-order valence-electron chi connectivity index (χ3n) is 4.80. The molecule has 1 aliphatic heterocycles. The van der Waals surface area contributed by atoms with Gasteiger partial charge in [0.15, 0.2) is 11.6 Å². The normalized spacial score (nSPS) is 15.0. The molecule has 0 bridgehead atoms. The number of piperidine rings is 1. The lowest BCUT2D eigenvalue weighted by Gasteiger charge is -2.26. The van der Waals surface area contributed by atoms with Crippen LogP contribution < -0.4 is 10.1 Å². The fourth-order valence-electron chi connectivity index (χ4n) is 3.28. The molecule has 174 valence electrons. The molecule has 2 aromatic carbocycles. The molecular formula is C22H26F2N2O4S2. The number of hydrogen-bond donors (Lipinski definition) is 1. The van der Waals surface area contributed by atoms with Crippen LogP contribution in [0.4, 0.5) is 14.5 Å². The van der Waals surface area contributed by atoms with Crippen molar-refractivity contribution < 1.29 is 26.7 Å². The zero-order valence-electron chi connectivity index (χ0n) is 17.9. The summed E-state index contributed by atoms with van der Waals surface area (Å²) in [5.74, 6) is -2.10. The second-order valence-corrected chi connectivity index (χ2v) is 10.7. The maximum atomic E-state index is 13.4. The summed E-state index contributed by atoms with van der Waals surface area (Å²) in [4.78, 5) is 13.0. The van der Waals surface area contributed by atoms with Crippen molar-refractivity contribution in [3.63, 3.8) is 0 Å². The third-order valence-corrected chi connectivity index (χ3v) is 7.69. The van der Waals surface area contributed by atoms with Crippen molar-refractivity contribution in [3.05, 3.63) is 48.0 Å². The predicted octanol–water partition coefficient (Wildman–Crippen LogP) is 4.66. The molecule has 0 aliphatic carbocycles. The maximum Gasteiger partial charge on any atom is 0.243 e. The molecule has 3 rings (SSSR count). The van der Waals surface area contributed by atoms with E-state index in [1.54, 1.807) is 0 Å². The molecule has 0 saturated carbocycles. The van der Waals surface area contributed by atoms with Gasteiger partial charge in [0.1, 0.15) is 5.75 Å². The lowest BCUT2D eigenvalue weighted by atomic mass is 10.2. The number of sulfonamides is 1. The Morgan fingerprint density at radius 2 is 1.81 bits per heavy atom. The first-order valence-electron chi connectivity index (χ1n) is 10.4. The Labute approximate surface area is 191 Å². The van der Waals surface area contributed by atoms with E-state index >= 15 is 0 Å². The Bertz CT molecular complexity index is 1070. The van der Waals surface area contributed by atoms with Gasteiger partial charge < -0.3 is 10.1 Å². The highest BCUT2D eigenvalue weighted by Crippen LogP contribution is 2.31. The van der Waals surface area contributed by atoms with Crippen molar-refractivity contribution in [3.8, 4) is 5.75 Å². The van der Waals surface area contributed by atoms with Crippen LogP contribution in [0.3, 0.4) is 0 Å². The molecular weight excluding hydrogens is 458 g/mol. The Kier molecular flexibility index (Phi) is 8.13. The molecule has 1 fully saturated rings. The second-order valence-electron chi connectivity index (χ2n) is 7.70. The smallest absolute Gasteiger partial charge is 0.243 e. The van der Waals surface area contributed by atoms with Gasteiger partial charge in [-0.2, -0.15) is 4.31 Å². The number of carbonyl (C=O) groups is 1. The Morgan fingerprint density at radius 1 is 1.09 bits per heavy atom. The van der Waals surface area contributed by atoms with Crippen LogP contribution in [0.1, 0.15) is 33.1 Å². The minimum atomic E-state index is -3.69. The van der Waals surface area contributed by atoms with E-state index in [2.05, 4.69) is 5.32 Å². The lowest BCUT2D eigenvalue weighted by molar-refractivity contribution is -0.113. The standard InChI is InChI=1S/C22H26F2N2O4S2/c1-15(2)30-21-9-7-17(32(28,29)26-10-4-3-5-11-26)13-20(21)25-22(27)14-31-16-6-8-18(23)19(24)12-16/h6-9,12-13,15H,3-5,10-11,14H2,1-2H3,(H,25,27). The van der Waals surface area contributed by atoms with Crippen molar-refractivity contribution in [2.75, 3.05) is 24.2 Å².